The van der Waals surface area contributed by atoms with Gasteiger partial charge in [0.05, 0.1) is 6.04 Å². The summed E-state index contributed by atoms with van der Waals surface area (Å²) in [7, 11) is 0. The molecular weight excluding hydrogens is 369 g/mol. The number of rotatable bonds is 3. The molecule has 0 bridgehead atoms. The molecule has 2 aromatic rings. The van der Waals surface area contributed by atoms with Gasteiger partial charge < -0.3 is 5.32 Å². The van der Waals surface area contributed by atoms with E-state index >= 15 is 0 Å². The first-order chi connectivity index (χ1) is 12.8. The van der Waals surface area contributed by atoms with E-state index in [9.17, 15) is 26.7 Å². The summed E-state index contributed by atoms with van der Waals surface area (Å²) < 4.78 is 65.8. The molecule has 0 saturated carbocycles. The zero-order valence-electron chi connectivity index (χ0n) is 13.5. The van der Waals surface area contributed by atoms with Crippen molar-refractivity contribution >= 4 is 5.91 Å². The molecule has 140 valence electrons. The minimum absolute atomic E-state index is 0.356. The molecule has 0 saturated heterocycles. The Balaban J connectivity index is 1.88. The first kappa shape index (κ1) is 18.7. The number of nitrogens with zero attached hydrogens (tertiary/aromatic N) is 2. The van der Waals surface area contributed by atoms with Crippen LogP contribution < -0.4 is 5.32 Å². The molecule has 2 atom stereocenters. The molecule has 0 fully saturated rings. The lowest BCUT2D eigenvalue weighted by Gasteiger charge is -2.26. The third kappa shape index (κ3) is 4.02. The number of carbonyl (C=O) groups excluding carboxylic acids is 1. The van der Waals surface area contributed by atoms with E-state index in [4.69, 9.17) is 0 Å². The van der Waals surface area contributed by atoms with Gasteiger partial charge in [-0.3, -0.25) is 4.79 Å². The van der Waals surface area contributed by atoms with Crippen molar-refractivity contribution in [1.29, 1.82) is 0 Å². The van der Waals surface area contributed by atoms with E-state index < -0.39 is 47.1 Å². The van der Waals surface area contributed by atoms with Crippen LogP contribution in [0.5, 0.6) is 0 Å². The maximum atomic E-state index is 13.5. The summed E-state index contributed by atoms with van der Waals surface area (Å²) in [5.74, 6) is -3.76. The molecule has 9 heteroatoms. The Morgan fingerprint density at radius 1 is 1.00 bits per heavy atom. The molecule has 4 nitrogen and oxygen atoms in total. The summed E-state index contributed by atoms with van der Waals surface area (Å²) in [6, 6.07) is 2.48. The van der Waals surface area contributed by atoms with Gasteiger partial charge in [0.15, 0.2) is 23.0 Å². The largest absolute Gasteiger partial charge is 0.435 e. The minimum Gasteiger partial charge on any atom is -0.343 e. The molecule has 1 aliphatic carbocycles. The van der Waals surface area contributed by atoms with Crippen LogP contribution in [-0.2, 0) is 6.18 Å². The molecule has 1 heterocycles. The monoisotopic (exact) mass is 381 g/mol. The van der Waals surface area contributed by atoms with Gasteiger partial charge in [-0.05, 0) is 17.7 Å². The number of alkyl halides is 3. The van der Waals surface area contributed by atoms with Gasteiger partial charge >= 0.3 is 6.18 Å². The van der Waals surface area contributed by atoms with E-state index in [0.29, 0.717) is 5.56 Å². The number of benzene rings is 1. The Kier molecular flexibility index (Phi) is 5.02. The Hall–Kier alpha value is -3.10. The lowest BCUT2D eigenvalue weighted by molar-refractivity contribution is -0.141. The van der Waals surface area contributed by atoms with Gasteiger partial charge in [-0.2, -0.15) is 13.2 Å². The van der Waals surface area contributed by atoms with Crippen molar-refractivity contribution in [3.05, 3.63) is 83.5 Å². The predicted molar refractivity (Wildman–Crippen MR) is 85.7 cm³/mol. The number of allylic oxidation sites excluding steroid dienone is 2. The fourth-order valence-electron chi connectivity index (χ4n) is 2.71. The van der Waals surface area contributed by atoms with Crippen LogP contribution in [0.4, 0.5) is 22.0 Å². The van der Waals surface area contributed by atoms with Crippen molar-refractivity contribution in [2.45, 2.75) is 18.1 Å². The van der Waals surface area contributed by atoms with E-state index in [1.165, 1.54) is 12.1 Å². The molecule has 1 N–H and O–H groups in total. The molecule has 0 spiro atoms. The number of nitrogens with one attached hydrogen (secondary N) is 1. The summed E-state index contributed by atoms with van der Waals surface area (Å²) in [6.45, 7) is 0. The molecule has 3 rings (SSSR count). The van der Waals surface area contributed by atoms with Crippen LogP contribution in [0, 0.1) is 11.6 Å². The Bertz CT molecular complexity index is 923. The molecule has 1 aliphatic rings. The standard InChI is InChI=1S/C18H12F5N3O/c19-12-6-5-10(9-13(12)20)11-3-1-2-4-14(11)26-17(27)15-16(18(21,22)23)25-8-7-24-15/h1-9,11,14H,(H,26,27). The number of hydrogen-bond donors (Lipinski definition) is 1. The lowest BCUT2D eigenvalue weighted by atomic mass is 9.88. The van der Waals surface area contributed by atoms with Crippen LogP contribution in [-0.4, -0.2) is 21.9 Å². The van der Waals surface area contributed by atoms with E-state index in [0.717, 1.165) is 24.5 Å². The highest BCUT2D eigenvalue weighted by molar-refractivity contribution is 5.93. The van der Waals surface area contributed by atoms with E-state index in [2.05, 4.69) is 15.3 Å². The van der Waals surface area contributed by atoms with Gasteiger partial charge in [0.1, 0.15) is 0 Å². The van der Waals surface area contributed by atoms with Gasteiger partial charge in [0.2, 0.25) is 0 Å². The average molecular weight is 381 g/mol. The van der Waals surface area contributed by atoms with Crippen LogP contribution >= 0.6 is 0 Å². The fraction of sp³-hybridized carbons (Fsp3) is 0.167. The number of halogens is 5. The highest BCUT2D eigenvalue weighted by atomic mass is 19.4. The zero-order chi connectivity index (χ0) is 19.6. The Labute approximate surface area is 150 Å². The smallest absolute Gasteiger partial charge is 0.343 e. The van der Waals surface area contributed by atoms with Crippen LogP contribution in [0.15, 0.2) is 54.9 Å². The molecule has 0 radical (unpaired) electrons. The van der Waals surface area contributed by atoms with Crippen LogP contribution in [0.25, 0.3) is 0 Å². The first-order valence-electron chi connectivity index (χ1n) is 7.76. The van der Waals surface area contributed by atoms with Crippen LogP contribution in [0.2, 0.25) is 0 Å². The van der Waals surface area contributed by atoms with Crippen LogP contribution in [0.3, 0.4) is 0 Å². The number of hydrogen-bond acceptors (Lipinski definition) is 3. The van der Waals surface area contributed by atoms with Gasteiger partial charge in [-0.15, -0.1) is 0 Å². The summed E-state index contributed by atoms with van der Waals surface area (Å²) in [5, 5.41) is 2.43. The van der Waals surface area contributed by atoms with E-state index in [1.54, 1.807) is 18.2 Å². The van der Waals surface area contributed by atoms with Crippen LogP contribution in [0.1, 0.15) is 27.7 Å². The number of amides is 1. The topological polar surface area (TPSA) is 54.9 Å². The second-order valence-corrected chi connectivity index (χ2v) is 5.72. The fourth-order valence-corrected chi connectivity index (χ4v) is 2.71. The zero-order valence-corrected chi connectivity index (χ0v) is 13.5. The third-order valence-corrected chi connectivity index (χ3v) is 3.94. The van der Waals surface area contributed by atoms with E-state index in [1.807, 2.05) is 0 Å². The summed E-state index contributed by atoms with van der Waals surface area (Å²) in [4.78, 5) is 19.1. The molecule has 2 unspecified atom stereocenters. The van der Waals surface area contributed by atoms with Crippen molar-refractivity contribution in [3.8, 4) is 0 Å². The SMILES string of the molecule is O=C(NC1C=CC=CC1c1ccc(F)c(F)c1)c1nccnc1C(F)(F)F. The van der Waals surface area contributed by atoms with Gasteiger partial charge in [-0.1, -0.05) is 30.4 Å². The molecule has 1 aromatic carbocycles. The van der Waals surface area contributed by atoms with E-state index in [-0.39, 0.29) is 0 Å². The van der Waals surface area contributed by atoms with Crippen molar-refractivity contribution in [2.24, 2.45) is 0 Å². The van der Waals surface area contributed by atoms with Crippen molar-refractivity contribution in [1.82, 2.24) is 15.3 Å². The maximum absolute atomic E-state index is 13.5. The van der Waals surface area contributed by atoms with Gasteiger partial charge in [0, 0.05) is 18.3 Å². The van der Waals surface area contributed by atoms with Crippen molar-refractivity contribution in [2.75, 3.05) is 0 Å². The number of aromatic nitrogens is 2. The van der Waals surface area contributed by atoms with Crippen molar-refractivity contribution in [3.63, 3.8) is 0 Å². The predicted octanol–water partition coefficient (Wildman–Crippen LogP) is 3.78. The molecule has 1 amide bonds. The van der Waals surface area contributed by atoms with Crippen molar-refractivity contribution < 1.29 is 26.7 Å². The second-order valence-electron chi connectivity index (χ2n) is 5.72. The summed E-state index contributed by atoms with van der Waals surface area (Å²) >= 11 is 0. The van der Waals surface area contributed by atoms with Gasteiger partial charge in [-0.25, -0.2) is 18.7 Å². The summed E-state index contributed by atoms with van der Waals surface area (Å²) in [5.41, 5.74) is -1.91. The molecule has 1 aromatic heterocycles. The average Bonchev–Trinajstić information content (AvgIpc) is 2.64. The third-order valence-electron chi connectivity index (χ3n) is 3.94. The number of carbonyl (C=O) groups is 1. The Morgan fingerprint density at radius 2 is 1.70 bits per heavy atom. The summed E-state index contributed by atoms with van der Waals surface area (Å²) in [6.07, 6.45) is 3.36. The molecule has 0 aliphatic heterocycles. The second kappa shape index (κ2) is 7.26. The minimum atomic E-state index is -4.84. The van der Waals surface area contributed by atoms with Gasteiger partial charge in [0.25, 0.3) is 5.91 Å². The highest BCUT2D eigenvalue weighted by Crippen LogP contribution is 2.30. The maximum Gasteiger partial charge on any atom is 0.435 e. The lowest BCUT2D eigenvalue weighted by Crippen LogP contribution is -2.39. The molecular formula is C18H12F5N3O. The Morgan fingerprint density at radius 3 is 2.41 bits per heavy atom. The molecule has 27 heavy (non-hydrogen) atoms. The highest BCUT2D eigenvalue weighted by Gasteiger charge is 2.38. The first-order valence-corrected chi connectivity index (χ1v) is 7.76. The normalized spacial score (nSPS) is 19.1. The quantitative estimate of drug-likeness (QED) is 0.824.